The third kappa shape index (κ3) is 8.31. The highest BCUT2D eigenvalue weighted by Gasteiger charge is 2.23. The van der Waals surface area contributed by atoms with Crippen LogP contribution in [0.5, 0.6) is 0 Å². The molecule has 6 heteroatoms. The first-order chi connectivity index (χ1) is 11.3. The Kier molecular flexibility index (Phi) is 7.95. The Morgan fingerprint density at radius 3 is 2.42 bits per heavy atom. The van der Waals surface area contributed by atoms with Gasteiger partial charge in [0.15, 0.2) is 12.3 Å². The van der Waals surface area contributed by atoms with Gasteiger partial charge in [-0.15, -0.1) is 0 Å². The van der Waals surface area contributed by atoms with E-state index in [0.29, 0.717) is 12.8 Å². The van der Waals surface area contributed by atoms with Crippen molar-refractivity contribution >= 4 is 18.3 Å². The molecule has 132 valence electrons. The third-order valence-electron chi connectivity index (χ3n) is 3.13. The van der Waals surface area contributed by atoms with E-state index in [9.17, 15) is 14.4 Å². The molecule has 0 fully saturated rings. The average molecular weight is 334 g/mol. The molecular weight excluding hydrogens is 308 g/mol. The Labute approximate surface area is 143 Å². The van der Waals surface area contributed by atoms with E-state index < -0.39 is 23.6 Å². The number of alkyl carbamates (subject to hydrolysis) is 1. The van der Waals surface area contributed by atoms with E-state index in [-0.39, 0.29) is 0 Å². The van der Waals surface area contributed by atoms with E-state index in [2.05, 4.69) is 22.8 Å². The second-order valence-electron chi connectivity index (χ2n) is 6.49. The molecule has 0 spiro atoms. The predicted molar refractivity (Wildman–Crippen MR) is 91.6 cm³/mol. The van der Waals surface area contributed by atoms with Gasteiger partial charge < -0.3 is 20.2 Å². The van der Waals surface area contributed by atoms with Gasteiger partial charge >= 0.3 is 6.09 Å². The quantitative estimate of drug-likeness (QED) is 0.434. The molecule has 0 radical (unpaired) electrons. The van der Waals surface area contributed by atoms with Crippen LogP contribution >= 0.6 is 0 Å². The lowest BCUT2D eigenvalue weighted by molar-refractivity contribution is -0.126. The molecule has 1 aromatic rings. The van der Waals surface area contributed by atoms with Crippen LogP contribution in [0.4, 0.5) is 4.79 Å². The van der Waals surface area contributed by atoms with Gasteiger partial charge in [0.25, 0.3) is 0 Å². The molecule has 0 aromatic heterocycles. The van der Waals surface area contributed by atoms with Crippen molar-refractivity contribution in [2.75, 3.05) is 6.54 Å². The van der Waals surface area contributed by atoms with E-state index in [1.54, 1.807) is 20.8 Å². The summed E-state index contributed by atoms with van der Waals surface area (Å²) in [5, 5.41) is 4.90. The standard InChI is InChI=1S/C18H26N2O4/c1-18(2,3)24-17(23)20-15(13-21)16(22)19-12-8-7-11-14-9-5-4-6-10-14/h4-6,9-10,13,15H,7-8,11-12H2,1-3H3,(H,19,22)(H,20,23). The molecule has 0 aliphatic rings. The van der Waals surface area contributed by atoms with Crippen molar-refractivity contribution < 1.29 is 19.1 Å². The average Bonchev–Trinajstić information content (AvgIpc) is 2.51. The lowest BCUT2D eigenvalue weighted by atomic mass is 10.1. The van der Waals surface area contributed by atoms with Crippen molar-refractivity contribution in [3.63, 3.8) is 0 Å². The Bertz CT molecular complexity index is 538. The summed E-state index contributed by atoms with van der Waals surface area (Å²) in [5.41, 5.74) is 0.562. The first kappa shape index (κ1) is 19.7. The Hall–Kier alpha value is -2.37. The van der Waals surface area contributed by atoms with Crippen LogP contribution in [-0.4, -0.2) is 36.5 Å². The highest BCUT2D eigenvalue weighted by molar-refractivity contribution is 5.98. The highest BCUT2D eigenvalue weighted by Crippen LogP contribution is 2.06. The van der Waals surface area contributed by atoms with Gasteiger partial charge in [-0.25, -0.2) is 4.79 Å². The number of aldehydes is 1. The molecule has 2 amide bonds. The van der Waals surface area contributed by atoms with Gasteiger partial charge in [0.2, 0.25) is 5.91 Å². The van der Waals surface area contributed by atoms with Crippen molar-refractivity contribution in [2.45, 2.75) is 51.7 Å². The number of rotatable bonds is 8. The lowest BCUT2D eigenvalue weighted by Crippen LogP contribution is -2.49. The summed E-state index contributed by atoms with van der Waals surface area (Å²) in [7, 11) is 0. The van der Waals surface area contributed by atoms with Crippen molar-refractivity contribution in [2.24, 2.45) is 0 Å². The van der Waals surface area contributed by atoms with Crippen molar-refractivity contribution in [3.8, 4) is 0 Å². The van der Waals surface area contributed by atoms with E-state index in [0.717, 1.165) is 19.3 Å². The zero-order chi connectivity index (χ0) is 18.0. The molecule has 0 aliphatic heterocycles. The largest absolute Gasteiger partial charge is 0.444 e. The summed E-state index contributed by atoms with van der Waals surface area (Å²) in [6.07, 6.45) is 2.25. The fourth-order valence-electron chi connectivity index (χ4n) is 2.02. The van der Waals surface area contributed by atoms with Gasteiger partial charge in [-0.1, -0.05) is 30.3 Å². The molecule has 1 aromatic carbocycles. The zero-order valence-electron chi connectivity index (χ0n) is 14.5. The molecule has 24 heavy (non-hydrogen) atoms. The molecule has 0 bridgehead atoms. The van der Waals surface area contributed by atoms with Gasteiger partial charge in [0, 0.05) is 6.54 Å². The number of unbranched alkanes of at least 4 members (excludes halogenated alkanes) is 1. The predicted octanol–water partition coefficient (Wildman–Crippen LogP) is 2.22. The summed E-state index contributed by atoms with van der Waals surface area (Å²) >= 11 is 0. The number of carbonyl (C=O) groups excluding carboxylic acids is 3. The minimum absolute atomic E-state index is 0.392. The zero-order valence-corrected chi connectivity index (χ0v) is 14.5. The van der Waals surface area contributed by atoms with Gasteiger partial charge in [-0.3, -0.25) is 4.79 Å². The fourth-order valence-corrected chi connectivity index (χ4v) is 2.02. The molecule has 2 N–H and O–H groups in total. The molecule has 1 unspecified atom stereocenters. The smallest absolute Gasteiger partial charge is 0.408 e. The third-order valence-corrected chi connectivity index (χ3v) is 3.13. The monoisotopic (exact) mass is 334 g/mol. The number of hydrogen-bond acceptors (Lipinski definition) is 4. The number of hydrogen-bond donors (Lipinski definition) is 2. The first-order valence-corrected chi connectivity index (χ1v) is 8.08. The second-order valence-corrected chi connectivity index (χ2v) is 6.49. The molecule has 0 saturated heterocycles. The van der Waals surface area contributed by atoms with Crippen LogP contribution < -0.4 is 10.6 Å². The molecule has 0 heterocycles. The number of ether oxygens (including phenoxy) is 1. The van der Waals surface area contributed by atoms with Gasteiger partial charge in [-0.05, 0) is 45.6 Å². The van der Waals surface area contributed by atoms with Crippen LogP contribution in [0.25, 0.3) is 0 Å². The van der Waals surface area contributed by atoms with Crippen molar-refractivity contribution in [1.82, 2.24) is 10.6 Å². The maximum atomic E-state index is 11.9. The Morgan fingerprint density at radius 2 is 1.83 bits per heavy atom. The van der Waals surface area contributed by atoms with Crippen LogP contribution in [0.3, 0.4) is 0 Å². The lowest BCUT2D eigenvalue weighted by Gasteiger charge is -2.21. The highest BCUT2D eigenvalue weighted by atomic mass is 16.6. The van der Waals surface area contributed by atoms with Gasteiger partial charge in [0.1, 0.15) is 5.60 Å². The van der Waals surface area contributed by atoms with E-state index >= 15 is 0 Å². The summed E-state index contributed by atoms with van der Waals surface area (Å²) in [5.74, 6) is -0.532. The Morgan fingerprint density at radius 1 is 1.17 bits per heavy atom. The van der Waals surface area contributed by atoms with Crippen LogP contribution in [0.15, 0.2) is 30.3 Å². The molecule has 1 atom stereocenters. The van der Waals surface area contributed by atoms with Crippen LogP contribution in [0, 0.1) is 0 Å². The van der Waals surface area contributed by atoms with Crippen LogP contribution in [0.1, 0.15) is 39.2 Å². The van der Waals surface area contributed by atoms with Crippen LogP contribution in [0.2, 0.25) is 0 Å². The fraction of sp³-hybridized carbons (Fsp3) is 0.500. The summed E-state index contributed by atoms with van der Waals surface area (Å²) < 4.78 is 5.02. The molecule has 6 nitrogen and oxygen atoms in total. The maximum absolute atomic E-state index is 11.9. The number of aryl methyl sites for hydroxylation is 1. The Balaban J connectivity index is 2.26. The number of carbonyl (C=O) groups is 3. The summed E-state index contributed by atoms with van der Waals surface area (Å²) in [4.78, 5) is 34.5. The minimum atomic E-state index is -1.24. The normalized spacial score (nSPS) is 12.1. The minimum Gasteiger partial charge on any atom is -0.444 e. The SMILES string of the molecule is CC(C)(C)OC(=O)NC(C=O)C(=O)NCCCCc1ccccc1. The van der Waals surface area contributed by atoms with Crippen LogP contribution in [-0.2, 0) is 20.7 Å². The molecular formula is C18H26N2O4. The molecule has 1 rings (SSSR count). The van der Waals surface area contributed by atoms with Gasteiger partial charge in [0.05, 0.1) is 0 Å². The van der Waals surface area contributed by atoms with E-state index in [4.69, 9.17) is 4.74 Å². The maximum Gasteiger partial charge on any atom is 0.408 e. The number of benzene rings is 1. The van der Waals surface area contributed by atoms with E-state index in [1.807, 2.05) is 18.2 Å². The number of nitrogens with one attached hydrogen (secondary N) is 2. The topological polar surface area (TPSA) is 84.5 Å². The van der Waals surface area contributed by atoms with Gasteiger partial charge in [-0.2, -0.15) is 0 Å². The number of amides is 2. The second kappa shape index (κ2) is 9.70. The van der Waals surface area contributed by atoms with E-state index in [1.165, 1.54) is 5.56 Å². The van der Waals surface area contributed by atoms with Crippen molar-refractivity contribution in [1.29, 1.82) is 0 Å². The summed E-state index contributed by atoms with van der Waals surface area (Å²) in [6, 6.07) is 8.84. The molecule has 0 saturated carbocycles. The molecule has 0 aliphatic carbocycles. The first-order valence-electron chi connectivity index (χ1n) is 8.08. The summed E-state index contributed by atoms with van der Waals surface area (Å²) in [6.45, 7) is 5.56. The van der Waals surface area contributed by atoms with Crippen molar-refractivity contribution in [3.05, 3.63) is 35.9 Å².